The topological polar surface area (TPSA) is 63.2 Å². The van der Waals surface area contributed by atoms with Crippen LogP contribution in [0.25, 0.3) is 0 Å². The standard InChI is InChI=1S/C15H21NO3S/c1-2-20(18,19)11-5-8-15(17)13-9-10-16-14-7-4-3-6-12(13)14/h3-4,6-7,13,16H,2,5,8-11H2,1H3. The van der Waals surface area contributed by atoms with Crippen molar-refractivity contribution in [2.45, 2.75) is 32.1 Å². The van der Waals surface area contributed by atoms with Crippen LogP contribution in [0.15, 0.2) is 24.3 Å². The average molecular weight is 295 g/mol. The van der Waals surface area contributed by atoms with Crippen molar-refractivity contribution in [3.63, 3.8) is 0 Å². The van der Waals surface area contributed by atoms with Gasteiger partial charge in [-0.25, -0.2) is 8.42 Å². The lowest BCUT2D eigenvalue weighted by molar-refractivity contribution is -0.120. The molecule has 0 aliphatic carbocycles. The number of rotatable bonds is 6. The number of sulfone groups is 1. The molecule has 4 nitrogen and oxygen atoms in total. The molecule has 20 heavy (non-hydrogen) atoms. The molecule has 1 aliphatic heterocycles. The summed E-state index contributed by atoms with van der Waals surface area (Å²) >= 11 is 0. The molecule has 5 heteroatoms. The van der Waals surface area contributed by atoms with Gasteiger partial charge in [-0.15, -0.1) is 0 Å². The van der Waals surface area contributed by atoms with Crippen molar-refractivity contribution in [2.24, 2.45) is 0 Å². The second-order valence-electron chi connectivity index (χ2n) is 5.16. The van der Waals surface area contributed by atoms with Crippen molar-refractivity contribution in [2.75, 3.05) is 23.4 Å². The molecule has 2 rings (SSSR count). The van der Waals surface area contributed by atoms with E-state index in [0.29, 0.717) is 12.8 Å². The highest BCUT2D eigenvalue weighted by Gasteiger charge is 2.25. The fraction of sp³-hybridized carbons (Fsp3) is 0.533. The molecule has 0 saturated heterocycles. The molecule has 0 aromatic heterocycles. The smallest absolute Gasteiger partial charge is 0.150 e. The molecule has 1 aromatic rings. The molecule has 0 saturated carbocycles. The Hall–Kier alpha value is -1.36. The summed E-state index contributed by atoms with van der Waals surface area (Å²) in [5.41, 5.74) is 2.07. The maximum Gasteiger partial charge on any atom is 0.150 e. The second kappa shape index (κ2) is 6.39. The molecule has 110 valence electrons. The SMILES string of the molecule is CCS(=O)(=O)CCCC(=O)C1CCNc2ccccc21. The fourth-order valence-electron chi connectivity index (χ4n) is 2.59. The fourth-order valence-corrected chi connectivity index (χ4v) is 3.46. The molecule has 0 fully saturated rings. The normalized spacial score (nSPS) is 18.1. The van der Waals surface area contributed by atoms with E-state index in [-0.39, 0.29) is 23.2 Å². The van der Waals surface area contributed by atoms with E-state index in [4.69, 9.17) is 0 Å². The number of hydrogen-bond donors (Lipinski definition) is 1. The van der Waals surface area contributed by atoms with Gasteiger partial charge in [0.05, 0.1) is 5.75 Å². The van der Waals surface area contributed by atoms with E-state index in [1.165, 1.54) is 0 Å². The van der Waals surface area contributed by atoms with Gasteiger partial charge in [0, 0.05) is 30.3 Å². The lowest BCUT2D eigenvalue weighted by atomic mass is 9.86. The molecule has 0 radical (unpaired) electrons. The number of carbonyl (C=O) groups excluding carboxylic acids is 1. The van der Waals surface area contributed by atoms with Crippen LogP contribution in [0.4, 0.5) is 5.69 Å². The number of para-hydroxylation sites is 1. The number of ketones is 1. The number of fused-ring (bicyclic) bond motifs is 1. The van der Waals surface area contributed by atoms with Crippen molar-refractivity contribution in [3.8, 4) is 0 Å². The van der Waals surface area contributed by atoms with Gasteiger partial charge in [-0.2, -0.15) is 0 Å². The Morgan fingerprint density at radius 2 is 2.10 bits per heavy atom. The van der Waals surface area contributed by atoms with E-state index < -0.39 is 9.84 Å². The average Bonchev–Trinajstić information content (AvgIpc) is 2.46. The van der Waals surface area contributed by atoms with E-state index in [1.807, 2.05) is 24.3 Å². The van der Waals surface area contributed by atoms with E-state index in [1.54, 1.807) is 6.92 Å². The van der Waals surface area contributed by atoms with Gasteiger partial charge >= 0.3 is 0 Å². The number of nitrogens with one attached hydrogen (secondary N) is 1. The molecule has 1 N–H and O–H groups in total. The minimum atomic E-state index is -2.97. The summed E-state index contributed by atoms with van der Waals surface area (Å²) in [5, 5.41) is 3.29. The number of hydrogen-bond acceptors (Lipinski definition) is 4. The lowest BCUT2D eigenvalue weighted by Crippen LogP contribution is -2.23. The van der Waals surface area contributed by atoms with E-state index in [9.17, 15) is 13.2 Å². The van der Waals surface area contributed by atoms with Gasteiger partial charge < -0.3 is 5.32 Å². The van der Waals surface area contributed by atoms with Crippen molar-refractivity contribution in [3.05, 3.63) is 29.8 Å². The maximum atomic E-state index is 12.3. The number of anilines is 1. The summed E-state index contributed by atoms with van der Waals surface area (Å²) in [6.45, 7) is 2.43. The molecule has 0 bridgehead atoms. The quantitative estimate of drug-likeness (QED) is 0.875. The molecular weight excluding hydrogens is 274 g/mol. The summed E-state index contributed by atoms with van der Waals surface area (Å²) in [6.07, 6.45) is 1.57. The van der Waals surface area contributed by atoms with Crippen LogP contribution in [-0.2, 0) is 14.6 Å². The van der Waals surface area contributed by atoms with Crippen LogP contribution in [0.1, 0.15) is 37.7 Å². The van der Waals surface area contributed by atoms with Crippen LogP contribution in [0.3, 0.4) is 0 Å². The molecule has 0 spiro atoms. The predicted molar refractivity (Wildman–Crippen MR) is 80.9 cm³/mol. The van der Waals surface area contributed by atoms with Crippen molar-refractivity contribution in [1.82, 2.24) is 0 Å². The number of Topliss-reactive ketones (excluding diaryl/α,β-unsaturated/α-hetero) is 1. The first-order valence-corrected chi connectivity index (χ1v) is 8.91. The van der Waals surface area contributed by atoms with Gasteiger partial charge in [0.1, 0.15) is 15.6 Å². The third-order valence-corrected chi connectivity index (χ3v) is 5.58. The van der Waals surface area contributed by atoms with Crippen LogP contribution in [0.2, 0.25) is 0 Å². The predicted octanol–water partition coefficient (Wildman–Crippen LogP) is 2.37. The van der Waals surface area contributed by atoms with Crippen LogP contribution >= 0.6 is 0 Å². The highest BCUT2D eigenvalue weighted by molar-refractivity contribution is 7.91. The summed E-state index contributed by atoms with van der Waals surface area (Å²) in [4.78, 5) is 12.3. The highest BCUT2D eigenvalue weighted by atomic mass is 32.2. The third-order valence-electron chi connectivity index (χ3n) is 3.79. The first-order valence-electron chi connectivity index (χ1n) is 7.09. The van der Waals surface area contributed by atoms with E-state index in [2.05, 4.69) is 5.32 Å². The molecule has 1 aliphatic rings. The molecule has 1 aromatic carbocycles. The zero-order valence-electron chi connectivity index (χ0n) is 11.8. The minimum Gasteiger partial charge on any atom is -0.385 e. The summed E-state index contributed by atoms with van der Waals surface area (Å²) in [6, 6.07) is 7.85. The van der Waals surface area contributed by atoms with Gasteiger partial charge in [0.25, 0.3) is 0 Å². The van der Waals surface area contributed by atoms with Gasteiger partial charge in [-0.05, 0) is 24.5 Å². The van der Waals surface area contributed by atoms with Gasteiger partial charge in [-0.3, -0.25) is 4.79 Å². The molecular formula is C15H21NO3S. The van der Waals surface area contributed by atoms with Crippen LogP contribution < -0.4 is 5.32 Å². The van der Waals surface area contributed by atoms with Crippen LogP contribution in [0.5, 0.6) is 0 Å². The molecule has 1 heterocycles. The van der Waals surface area contributed by atoms with Crippen LogP contribution in [-0.4, -0.2) is 32.3 Å². The Labute approximate surface area is 120 Å². The monoisotopic (exact) mass is 295 g/mol. The largest absolute Gasteiger partial charge is 0.385 e. The van der Waals surface area contributed by atoms with Gasteiger partial charge in [0.15, 0.2) is 0 Å². The highest BCUT2D eigenvalue weighted by Crippen LogP contribution is 2.32. The summed E-state index contributed by atoms with van der Waals surface area (Å²) < 4.78 is 22.9. The lowest BCUT2D eigenvalue weighted by Gasteiger charge is -2.25. The van der Waals surface area contributed by atoms with Crippen molar-refractivity contribution < 1.29 is 13.2 Å². The molecule has 0 amide bonds. The Bertz CT molecular complexity index is 581. The number of carbonyl (C=O) groups is 1. The Kier molecular flexibility index (Phi) is 4.81. The van der Waals surface area contributed by atoms with Crippen LogP contribution in [0, 0.1) is 0 Å². The Balaban J connectivity index is 1.97. The third kappa shape index (κ3) is 3.60. The number of benzene rings is 1. The second-order valence-corrected chi connectivity index (χ2v) is 7.63. The molecule has 1 unspecified atom stereocenters. The minimum absolute atomic E-state index is 0.0863. The summed E-state index contributed by atoms with van der Waals surface area (Å²) in [7, 11) is -2.97. The maximum absolute atomic E-state index is 12.3. The Morgan fingerprint density at radius 1 is 1.35 bits per heavy atom. The molecule has 1 atom stereocenters. The van der Waals surface area contributed by atoms with Gasteiger partial charge in [-0.1, -0.05) is 25.1 Å². The van der Waals surface area contributed by atoms with E-state index in [0.717, 1.165) is 24.2 Å². The first-order chi connectivity index (χ1) is 9.53. The Morgan fingerprint density at radius 3 is 2.85 bits per heavy atom. The first kappa shape index (κ1) is 15.0. The van der Waals surface area contributed by atoms with Crippen molar-refractivity contribution in [1.29, 1.82) is 0 Å². The van der Waals surface area contributed by atoms with Crippen molar-refractivity contribution >= 4 is 21.3 Å². The zero-order valence-corrected chi connectivity index (χ0v) is 12.6. The summed E-state index contributed by atoms with van der Waals surface area (Å²) in [5.74, 6) is 0.334. The zero-order chi connectivity index (χ0) is 14.6. The van der Waals surface area contributed by atoms with Gasteiger partial charge in [0.2, 0.25) is 0 Å². The van der Waals surface area contributed by atoms with E-state index >= 15 is 0 Å².